The summed E-state index contributed by atoms with van der Waals surface area (Å²) in [6.07, 6.45) is 5.82. The maximum absolute atomic E-state index is 10.00. The van der Waals surface area contributed by atoms with Crippen LogP contribution in [0.15, 0.2) is 51.4 Å². The zero-order valence-corrected chi connectivity index (χ0v) is 16.6. The van der Waals surface area contributed by atoms with Gasteiger partial charge in [0.2, 0.25) is 18.2 Å². The van der Waals surface area contributed by atoms with Gasteiger partial charge in [0.05, 0.1) is 17.1 Å². The first-order valence-electron chi connectivity index (χ1n) is 8.07. The minimum atomic E-state index is 0. The van der Waals surface area contributed by atoms with E-state index in [9.17, 15) is 14.4 Å². The SMILES string of the molecule is Cc1c(N=C=O)cccc1OC#N.Cc1ccc(N=C=O)cc1N=C=O.I.[2H][3H]. The second-order valence-corrected chi connectivity index (χ2v) is 4.67. The van der Waals surface area contributed by atoms with Crippen molar-refractivity contribution in [3.05, 3.63) is 47.5 Å². The lowest BCUT2D eigenvalue weighted by Crippen LogP contribution is -1.85. The van der Waals surface area contributed by atoms with E-state index in [2.05, 4.69) is 19.7 Å². The topological polar surface area (TPSA) is 121 Å². The number of aliphatic imine (C=N–C) groups is 3. The number of aryl methyl sites for hydroxylation is 1. The summed E-state index contributed by atoms with van der Waals surface area (Å²) >= 11 is 0. The van der Waals surface area contributed by atoms with Crippen molar-refractivity contribution in [3.63, 3.8) is 0 Å². The first kappa shape index (κ1) is 21.6. The molecule has 9 heteroatoms. The summed E-state index contributed by atoms with van der Waals surface area (Å²) in [5, 5.41) is 8.28. The van der Waals surface area contributed by atoms with Crippen LogP contribution in [0.1, 0.15) is 14.1 Å². The van der Waals surface area contributed by atoms with Gasteiger partial charge in [-0.3, -0.25) is 0 Å². The Morgan fingerprint density at radius 1 is 1.00 bits per heavy atom. The lowest BCUT2D eigenvalue weighted by atomic mass is 10.2. The highest BCUT2D eigenvalue weighted by Gasteiger charge is 2.03. The number of nitriles is 1. The van der Waals surface area contributed by atoms with Crippen LogP contribution in [0.25, 0.3) is 0 Å². The monoisotopic (exact) mass is 481 g/mol. The van der Waals surface area contributed by atoms with Gasteiger partial charge in [0.1, 0.15) is 5.75 Å². The molecule has 0 saturated heterocycles. The third kappa shape index (κ3) is 7.57. The number of hydrogen-bond donors (Lipinski definition) is 0. The van der Waals surface area contributed by atoms with E-state index < -0.39 is 0 Å². The molecule has 0 heterocycles. The third-order valence-electron chi connectivity index (χ3n) is 3.11. The molecule has 0 N–H and O–H groups in total. The predicted octanol–water partition coefficient (Wildman–Crippen LogP) is 4.62. The van der Waals surface area contributed by atoms with Gasteiger partial charge in [-0.2, -0.15) is 15.0 Å². The largest absolute Gasteiger partial charge is 0.388 e. The molecular weight excluding hydrogens is 463 g/mol. The van der Waals surface area contributed by atoms with Crippen LogP contribution in [-0.2, 0) is 14.4 Å². The first-order valence-corrected chi connectivity index (χ1v) is 7.07. The fourth-order valence-corrected chi connectivity index (χ4v) is 1.82. The smallest absolute Gasteiger partial charge is 0.292 e. The van der Waals surface area contributed by atoms with Gasteiger partial charge < -0.3 is 4.74 Å². The maximum atomic E-state index is 10.00. The number of nitrogens with zero attached hydrogens (tertiary/aromatic N) is 4. The van der Waals surface area contributed by atoms with E-state index in [-0.39, 0.29) is 24.0 Å². The summed E-state index contributed by atoms with van der Waals surface area (Å²) in [6, 6.07) is 9.80. The lowest BCUT2D eigenvalue weighted by Gasteiger charge is -2.01. The molecule has 2 aromatic carbocycles. The summed E-state index contributed by atoms with van der Waals surface area (Å²) in [5.41, 5.74) is 2.82. The standard InChI is InChI=1S/2C9H6N2O2.HI.H2/c1-7-2-3-8(10-5-12)4-9(7)11-6-13;1-7-8(11-6-12)3-2-4-9(7)13-5-10;;/h2*2-4H,1H3;2*1H/i;;;1+2D. The summed E-state index contributed by atoms with van der Waals surface area (Å²) in [4.78, 5) is 40.2. The van der Waals surface area contributed by atoms with Crippen LogP contribution in [0.3, 0.4) is 0 Å². The Bertz CT molecular complexity index is 992. The van der Waals surface area contributed by atoms with Crippen molar-refractivity contribution in [1.29, 1.82) is 5.26 Å². The number of rotatable bonds is 4. The molecule has 0 aliphatic heterocycles. The van der Waals surface area contributed by atoms with Gasteiger partial charge in [-0.05, 0) is 43.7 Å². The van der Waals surface area contributed by atoms with Crippen molar-refractivity contribution >= 4 is 59.3 Å². The van der Waals surface area contributed by atoms with Gasteiger partial charge >= 0.3 is 0 Å². The summed E-state index contributed by atoms with van der Waals surface area (Å²) in [5.74, 6) is 0.402. The Morgan fingerprint density at radius 2 is 1.63 bits per heavy atom. The second-order valence-electron chi connectivity index (χ2n) is 4.67. The Kier molecular flexibility index (Phi) is 10.3. The summed E-state index contributed by atoms with van der Waals surface area (Å²) < 4.78 is 14.6. The van der Waals surface area contributed by atoms with Gasteiger partial charge in [0, 0.05) is 8.53 Å². The van der Waals surface area contributed by atoms with Crippen molar-refractivity contribution in [3.8, 4) is 12.0 Å². The molecule has 0 aliphatic carbocycles. The fraction of sp³-hybridized carbons (Fsp3) is 0.111. The number of hydrogen-bond acceptors (Lipinski definition) is 8. The van der Waals surface area contributed by atoms with E-state index in [0.717, 1.165) is 5.56 Å². The van der Waals surface area contributed by atoms with Crippen LogP contribution in [0.5, 0.6) is 5.75 Å². The van der Waals surface area contributed by atoms with E-state index in [1.54, 1.807) is 50.4 Å². The molecule has 0 atom stereocenters. The zero-order chi connectivity index (χ0) is 21.4. The van der Waals surface area contributed by atoms with Crippen molar-refractivity contribution < 1.29 is 22.1 Å². The van der Waals surface area contributed by atoms with Crippen LogP contribution in [0.4, 0.5) is 17.1 Å². The minimum Gasteiger partial charge on any atom is -0.388 e. The maximum Gasteiger partial charge on any atom is 0.292 e. The van der Waals surface area contributed by atoms with Gasteiger partial charge in [-0.1, -0.05) is 12.1 Å². The van der Waals surface area contributed by atoms with Crippen molar-refractivity contribution in [1.82, 2.24) is 0 Å². The Hall–Kier alpha value is -3.40. The molecule has 0 saturated carbocycles. The number of benzene rings is 2. The van der Waals surface area contributed by atoms with Crippen LogP contribution in [-0.4, -0.2) is 18.2 Å². The minimum absolute atomic E-state index is 0. The molecule has 2 aromatic rings. The molecule has 8 nitrogen and oxygen atoms in total. The zero-order valence-electron chi connectivity index (χ0n) is 16.3. The summed E-state index contributed by atoms with van der Waals surface area (Å²) in [7, 11) is 0. The van der Waals surface area contributed by atoms with Crippen LogP contribution in [0.2, 0.25) is 0 Å². The molecule has 0 unspecified atom stereocenters. The van der Waals surface area contributed by atoms with E-state index in [0.29, 0.717) is 28.4 Å². The molecule has 0 radical (unpaired) electrons. The average Bonchev–Trinajstić information content (AvgIpc) is 2.70. The Labute approximate surface area is 175 Å². The quantitative estimate of drug-likeness (QED) is 0.273. The predicted molar refractivity (Wildman–Crippen MR) is 109 cm³/mol. The van der Waals surface area contributed by atoms with Crippen molar-refractivity contribution in [2.75, 3.05) is 0 Å². The van der Waals surface area contributed by atoms with E-state index in [1.165, 1.54) is 24.3 Å². The Balaban J connectivity index is 0. The van der Waals surface area contributed by atoms with Crippen molar-refractivity contribution in [2.45, 2.75) is 13.8 Å². The molecule has 0 spiro atoms. The summed E-state index contributed by atoms with van der Waals surface area (Å²) in [6.45, 7) is 3.51. The number of ether oxygens (including phenoxy) is 1. The molecule has 0 amide bonds. The highest BCUT2D eigenvalue weighted by Crippen LogP contribution is 2.27. The molecule has 0 bridgehead atoms. The van der Waals surface area contributed by atoms with E-state index in [1.807, 2.05) is 0 Å². The normalized spacial score (nSPS) is 8.33. The highest BCUT2D eigenvalue weighted by atomic mass is 127. The molecule has 138 valence electrons. The lowest BCUT2D eigenvalue weighted by molar-refractivity contribution is 0.503. The number of halogens is 1. The van der Waals surface area contributed by atoms with Gasteiger partial charge in [-0.15, -0.1) is 29.2 Å². The molecular formula is C18H15IN4O4. The molecule has 0 aliphatic rings. The van der Waals surface area contributed by atoms with Crippen LogP contribution >= 0.6 is 24.0 Å². The van der Waals surface area contributed by atoms with Gasteiger partial charge in [0.15, 0.2) is 0 Å². The number of isocyanates is 3. The first-order chi connectivity index (χ1) is 13.6. The second kappa shape index (κ2) is 12.9. The van der Waals surface area contributed by atoms with Crippen LogP contribution in [0, 0.1) is 25.4 Å². The average molecular weight is 481 g/mol. The number of carbonyl (C=O) groups excluding carboxylic acids is 3. The molecule has 0 aromatic heterocycles. The van der Waals surface area contributed by atoms with E-state index >= 15 is 0 Å². The Morgan fingerprint density at radius 3 is 2.22 bits per heavy atom. The van der Waals surface area contributed by atoms with E-state index in [4.69, 9.17) is 8.23 Å². The highest BCUT2D eigenvalue weighted by molar-refractivity contribution is 14.0. The van der Waals surface area contributed by atoms with Crippen molar-refractivity contribution in [2.24, 2.45) is 15.0 Å². The van der Waals surface area contributed by atoms with Crippen LogP contribution < -0.4 is 4.74 Å². The third-order valence-corrected chi connectivity index (χ3v) is 3.11. The molecule has 27 heavy (non-hydrogen) atoms. The van der Waals surface area contributed by atoms with Gasteiger partial charge in [-0.25, -0.2) is 14.4 Å². The molecule has 0 fully saturated rings. The fourth-order valence-electron chi connectivity index (χ4n) is 1.82. The van der Waals surface area contributed by atoms with Gasteiger partial charge in [0.25, 0.3) is 6.26 Å². The molecule has 2 rings (SSSR count).